The highest BCUT2D eigenvalue weighted by Crippen LogP contribution is 2.51. The fourth-order valence-corrected chi connectivity index (χ4v) is 8.43. The number of hydrogen-bond donors (Lipinski definition) is 0. The van der Waals surface area contributed by atoms with Gasteiger partial charge in [0.05, 0.1) is 0 Å². The summed E-state index contributed by atoms with van der Waals surface area (Å²) in [5, 5.41) is 4.73. The Kier molecular flexibility index (Phi) is 6.56. The summed E-state index contributed by atoms with van der Waals surface area (Å²) in [6.07, 6.45) is 0. The van der Waals surface area contributed by atoms with E-state index in [-0.39, 0.29) is 5.41 Å². The highest BCUT2D eigenvalue weighted by molar-refractivity contribution is 6.25. The molecule has 0 bridgehead atoms. The average Bonchev–Trinajstić information content (AvgIpc) is 3.68. The maximum atomic E-state index is 6.52. The molecule has 0 amide bonds. The largest absolute Gasteiger partial charge is 0.456 e. The molecule has 0 saturated carbocycles. The maximum absolute atomic E-state index is 6.52. The smallest absolute Gasteiger partial charge is 0.136 e. The lowest BCUT2D eigenvalue weighted by molar-refractivity contribution is 0.660. The minimum absolute atomic E-state index is 0.0779. The zero-order valence-corrected chi connectivity index (χ0v) is 28.6. The van der Waals surface area contributed by atoms with Crippen LogP contribution in [0.3, 0.4) is 0 Å². The van der Waals surface area contributed by atoms with Crippen LogP contribution in [0.15, 0.2) is 180 Å². The summed E-state index contributed by atoms with van der Waals surface area (Å²) in [7, 11) is 0. The van der Waals surface area contributed by atoms with Crippen molar-refractivity contribution in [2.24, 2.45) is 0 Å². The van der Waals surface area contributed by atoms with E-state index in [0.717, 1.165) is 39.0 Å². The zero-order valence-electron chi connectivity index (χ0n) is 28.6. The fourth-order valence-electron chi connectivity index (χ4n) is 8.43. The van der Waals surface area contributed by atoms with E-state index in [9.17, 15) is 0 Å². The summed E-state index contributed by atoms with van der Waals surface area (Å²) in [5.74, 6) is 0. The first-order valence-electron chi connectivity index (χ1n) is 17.7. The van der Waals surface area contributed by atoms with Gasteiger partial charge in [0.25, 0.3) is 0 Å². The lowest BCUT2D eigenvalue weighted by Gasteiger charge is -2.28. The second-order valence-electron chi connectivity index (χ2n) is 14.1. The van der Waals surface area contributed by atoms with Gasteiger partial charge in [-0.15, -0.1) is 0 Å². The Hall–Kier alpha value is -6.38. The number of anilines is 3. The SMILES string of the molecule is CC1(C)c2ccccc2-c2ccc(N(c3ccccc3)c3ccc(-c4cccc5ccc6oc7cccc(-c8ccccc8)c7c6c45)cc3)cc21. The normalized spacial score (nSPS) is 13.1. The van der Waals surface area contributed by atoms with Gasteiger partial charge in [-0.25, -0.2) is 0 Å². The molecule has 10 rings (SSSR count). The molecule has 0 atom stereocenters. The van der Waals surface area contributed by atoms with Crippen molar-refractivity contribution in [1.29, 1.82) is 0 Å². The predicted octanol–water partition coefficient (Wildman–Crippen LogP) is 13.8. The lowest BCUT2D eigenvalue weighted by atomic mass is 9.82. The van der Waals surface area contributed by atoms with Gasteiger partial charge in [0.2, 0.25) is 0 Å². The fraction of sp³-hybridized carbons (Fsp3) is 0.0612. The molecule has 1 aliphatic rings. The standard InChI is InChI=1S/C49H35NO/c1-49(2)42-21-10-9-18-40(42)41-29-28-37(31-43(41)49)50(35-16-7-4-8-17-35)36-26-23-33(24-27-36)38-19-11-15-34-25-30-45-48(46(34)38)47-39(20-12-22-44(47)51-45)32-13-5-3-6-14-32/h3-31H,1-2H3. The van der Waals surface area contributed by atoms with Gasteiger partial charge in [-0.2, -0.15) is 0 Å². The third kappa shape index (κ3) is 4.57. The van der Waals surface area contributed by atoms with Crippen LogP contribution in [0.1, 0.15) is 25.0 Å². The molecule has 0 radical (unpaired) electrons. The summed E-state index contributed by atoms with van der Waals surface area (Å²) >= 11 is 0. The topological polar surface area (TPSA) is 16.4 Å². The Morgan fingerprint density at radius 2 is 0.980 bits per heavy atom. The highest BCUT2D eigenvalue weighted by atomic mass is 16.3. The van der Waals surface area contributed by atoms with Gasteiger partial charge in [0.15, 0.2) is 0 Å². The summed E-state index contributed by atoms with van der Waals surface area (Å²) in [5.41, 5.74) is 15.3. The molecule has 0 fully saturated rings. The van der Waals surface area contributed by atoms with Crippen molar-refractivity contribution >= 4 is 49.8 Å². The van der Waals surface area contributed by atoms with E-state index in [1.54, 1.807) is 0 Å². The Balaban J connectivity index is 1.13. The van der Waals surface area contributed by atoms with E-state index in [1.165, 1.54) is 55.3 Å². The first kappa shape index (κ1) is 29.5. The molecule has 0 N–H and O–H groups in total. The van der Waals surface area contributed by atoms with E-state index >= 15 is 0 Å². The average molecular weight is 654 g/mol. The van der Waals surface area contributed by atoms with Crippen molar-refractivity contribution in [3.63, 3.8) is 0 Å². The first-order chi connectivity index (χ1) is 25.1. The third-order valence-corrected chi connectivity index (χ3v) is 10.9. The first-order valence-corrected chi connectivity index (χ1v) is 17.7. The van der Waals surface area contributed by atoms with Crippen LogP contribution < -0.4 is 4.90 Å². The zero-order chi connectivity index (χ0) is 34.1. The van der Waals surface area contributed by atoms with Crippen LogP contribution in [0, 0.1) is 0 Å². The number of benzene rings is 8. The van der Waals surface area contributed by atoms with Crippen LogP contribution in [0.5, 0.6) is 0 Å². The van der Waals surface area contributed by atoms with Crippen LogP contribution in [-0.4, -0.2) is 0 Å². The molecule has 2 heteroatoms. The molecule has 1 aliphatic carbocycles. The summed E-state index contributed by atoms with van der Waals surface area (Å²) in [6, 6.07) is 63.5. The number of hydrogen-bond acceptors (Lipinski definition) is 2. The Morgan fingerprint density at radius 1 is 0.392 bits per heavy atom. The Bertz CT molecular complexity index is 2760. The highest BCUT2D eigenvalue weighted by Gasteiger charge is 2.35. The van der Waals surface area contributed by atoms with Gasteiger partial charge in [0, 0.05) is 38.6 Å². The molecule has 0 unspecified atom stereocenters. The molecular weight excluding hydrogens is 619 g/mol. The van der Waals surface area contributed by atoms with Gasteiger partial charge >= 0.3 is 0 Å². The summed E-state index contributed by atoms with van der Waals surface area (Å²) in [4.78, 5) is 2.38. The number of para-hydroxylation sites is 1. The second-order valence-corrected chi connectivity index (χ2v) is 14.1. The molecule has 242 valence electrons. The van der Waals surface area contributed by atoms with Crippen molar-refractivity contribution in [1.82, 2.24) is 0 Å². The lowest BCUT2D eigenvalue weighted by Crippen LogP contribution is -2.16. The van der Waals surface area contributed by atoms with Crippen molar-refractivity contribution in [3.05, 3.63) is 187 Å². The van der Waals surface area contributed by atoms with Gasteiger partial charge < -0.3 is 9.32 Å². The van der Waals surface area contributed by atoms with E-state index in [0.29, 0.717) is 0 Å². The van der Waals surface area contributed by atoms with Crippen molar-refractivity contribution in [2.45, 2.75) is 19.3 Å². The van der Waals surface area contributed by atoms with Gasteiger partial charge in [-0.1, -0.05) is 141 Å². The molecule has 0 spiro atoms. The van der Waals surface area contributed by atoms with Gasteiger partial charge in [0.1, 0.15) is 11.2 Å². The number of rotatable bonds is 5. The quantitative estimate of drug-likeness (QED) is 0.184. The number of nitrogens with zero attached hydrogens (tertiary/aromatic N) is 1. The van der Waals surface area contributed by atoms with E-state index in [2.05, 4.69) is 195 Å². The third-order valence-electron chi connectivity index (χ3n) is 10.9. The number of fused-ring (bicyclic) bond motifs is 8. The van der Waals surface area contributed by atoms with E-state index in [1.807, 2.05) is 0 Å². The Labute approximate surface area is 297 Å². The van der Waals surface area contributed by atoms with Crippen LogP contribution in [-0.2, 0) is 5.41 Å². The Morgan fingerprint density at radius 3 is 1.78 bits per heavy atom. The van der Waals surface area contributed by atoms with Crippen LogP contribution in [0.4, 0.5) is 17.1 Å². The van der Waals surface area contributed by atoms with Crippen LogP contribution in [0.2, 0.25) is 0 Å². The molecule has 2 nitrogen and oxygen atoms in total. The summed E-state index contributed by atoms with van der Waals surface area (Å²) < 4.78 is 6.52. The van der Waals surface area contributed by atoms with Crippen molar-refractivity contribution in [2.75, 3.05) is 4.90 Å². The van der Waals surface area contributed by atoms with Crippen molar-refractivity contribution < 1.29 is 4.42 Å². The number of furan rings is 1. The molecular formula is C49H35NO. The van der Waals surface area contributed by atoms with Gasteiger partial charge in [-0.3, -0.25) is 0 Å². The minimum atomic E-state index is -0.0779. The molecule has 0 saturated heterocycles. The monoisotopic (exact) mass is 653 g/mol. The van der Waals surface area contributed by atoms with Crippen LogP contribution in [0.25, 0.3) is 66.1 Å². The van der Waals surface area contributed by atoms with E-state index in [4.69, 9.17) is 4.42 Å². The molecule has 51 heavy (non-hydrogen) atoms. The molecule has 8 aromatic carbocycles. The summed E-state index contributed by atoms with van der Waals surface area (Å²) in [6.45, 7) is 4.69. The minimum Gasteiger partial charge on any atom is -0.456 e. The van der Waals surface area contributed by atoms with Gasteiger partial charge in [-0.05, 0) is 98.4 Å². The molecule has 9 aromatic rings. The maximum Gasteiger partial charge on any atom is 0.136 e. The van der Waals surface area contributed by atoms with Crippen molar-refractivity contribution in [3.8, 4) is 33.4 Å². The second kappa shape index (κ2) is 11.3. The molecule has 1 aromatic heterocycles. The molecule has 1 heterocycles. The molecule has 0 aliphatic heterocycles. The predicted molar refractivity (Wildman–Crippen MR) is 214 cm³/mol. The van der Waals surface area contributed by atoms with Crippen LogP contribution >= 0.6 is 0 Å². The van der Waals surface area contributed by atoms with E-state index < -0.39 is 0 Å².